The number of aryl methyl sites for hydroxylation is 2. The minimum absolute atomic E-state index is 0. The molecule has 0 saturated carbocycles. The molecule has 0 fully saturated rings. The van der Waals surface area contributed by atoms with Gasteiger partial charge in [-0.3, -0.25) is 9.55 Å². The van der Waals surface area contributed by atoms with E-state index in [-0.39, 0.29) is 48.8 Å². The zero-order valence-electron chi connectivity index (χ0n) is 45.6. The maximum Gasteiger partial charge on any atom is 0.148 e. The number of aromatic hydroxyl groups is 1. The molecule has 5 heteroatoms. The quantitative estimate of drug-likeness (QED) is 0.162. The summed E-state index contributed by atoms with van der Waals surface area (Å²) in [6, 6.07) is 53.4. The predicted octanol–water partition coefficient (Wildman–Crippen LogP) is 16.4. The summed E-state index contributed by atoms with van der Waals surface area (Å²) in [5.74, 6) is 0.777. The monoisotopic (exact) mass is 1060 g/mol. The van der Waals surface area contributed by atoms with Crippen LogP contribution in [0.15, 0.2) is 158 Å². The van der Waals surface area contributed by atoms with Gasteiger partial charge >= 0.3 is 0 Å². The van der Waals surface area contributed by atoms with E-state index in [2.05, 4.69) is 158 Å². The molecule has 7 aromatic carbocycles. The summed E-state index contributed by atoms with van der Waals surface area (Å²) in [4.78, 5) is 10.5. The Morgan fingerprint density at radius 3 is 1.79 bits per heavy atom. The normalized spacial score (nSPS) is 13.7. The summed E-state index contributed by atoms with van der Waals surface area (Å²) >= 11 is 0. The van der Waals surface area contributed by atoms with Crippen LogP contribution in [0.1, 0.15) is 98.4 Å². The maximum absolute atomic E-state index is 12.6. The minimum atomic E-state index is -2.52. The number of rotatable bonds is 7. The molecular formula is C62H60N3OPt-. The SMILES string of the molecule is [2H]C([2H])([2H])c1cc(-c2ccnc(-c3[c-]c(-c4cccc5c4nc(-c4cc(C(C)(C)C)cc(C(C)(C)C)c4O)n5-c4ccc(C(C)(C)C)cc4-c4ccccc4)cc(-c4ccccc4)c3)c2)cc(C([2H])([2H])[2H])c1.[Pt]. The Bertz CT molecular complexity index is 3470. The topological polar surface area (TPSA) is 50.9 Å². The Labute approximate surface area is 420 Å². The van der Waals surface area contributed by atoms with Crippen molar-refractivity contribution < 1.29 is 34.4 Å². The number of para-hydroxylation sites is 1. The molecule has 67 heavy (non-hydrogen) atoms. The van der Waals surface area contributed by atoms with Crippen molar-refractivity contribution in [3.05, 3.63) is 192 Å². The van der Waals surface area contributed by atoms with Gasteiger partial charge < -0.3 is 5.11 Å². The van der Waals surface area contributed by atoms with Crippen LogP contribution in [0.2, 0.25) is 0 Å². The van der Waals surface area contributed by atoms with Gasteiger partial charge in [-0.1, -0.05) is 199 Å². The van der Waals surface area contributed by atoms with Crippen LogP contribution in [-0.2, 0) is 37.3 Å². The fourth-order valence-electron chi connectivity index (χ4n) is 8.80. The summed E-state index contributed by atoms with van der Waals surface area (Å²) in [6.07, 6.45) is 1.65. The molecule has 9 rings (SSSR count). The van der Waals surface area contributed by atoms with Gasteiger partial charge in [0.1, 0.15) is 11.6 Å². The van der Waals surface area contributed by atoms with Gasteiger partial charge in [-0.15, -0.1) is 23.8 Å². The first-order chi connectivity index (χ1) is 33.8. The first kappa shape index (κ1) is 39.8. The first-order valence-electron chi connectivity index (χ1n) is 25.6. The number of phenolic OH excluding ortho intramolecular Hbond substituents is 1. The molecule has 0 aliphatic rings. The van der Waals surface area contributed by atoms with Crippen LogP contribution in [-0.4, -0.2) is 19.6 Å². The molecule has 4 nitrogen and oxygen atoms in total. The van der Waals surface area contributed by atoms with Gasteiger partial charge in [-0.2, -0.15) is 0 Å². The molecule has 0 amide bonds. The molecular weight excluding hydrogens is 998 g/mol. The van der Waals surface area contributed by atoms with E-state index in [4.69, 9.17) is 18.2 Å². The molecule has 0 aliphatic carbocycles. The summed E-state index contributed by atoms with van der Waals surface area (Å²) in [7, 11) is 0. The van der Waals surface area contributed by atoms with Gasteiger partial charge in [-0.25, -0.2) is 4.98 Å². The Balaban J connectivity index is 0.00000711. The van der Waals surface area contributed by atoms with Crippen LogP contribution >= 0.6 is 0 Å². The number of benzene rings is 7. The number of pyridine rings is 1. The van der Waals surface area contributed by atoms with Crippen molar-refractivity contribution in [1.82, 2.24) is 14.5 Å². The minimum Gasteiger partial charge on any atom is -0.507 e. The van der Waals surface area contributed by atoms with Crippen molar-refractivity contribution in [2.45, 2.75) is 92.3 Å². The van der Waals surface area contributed by atoms with Crippen LogP contribution in [0.3, 0.4) is 0 Å². The summed E-state index contributed by atoms with van der Waals surface area (Å²) < 4.78 is 51.2. The molecule has 0 bridgehead atoms. The molecule has 9 aromatic rings. The van der Waals surface area contributed by atoms with E-state index in [1.807, 2.05) is 42.5 Å². The summed E-state index contributed by atoms with van der Waals surface area (Å²) in [5.41, 5.74) is 13.1. The standard InChI is InChI=1S/C62H60N3O.Pt/c1-39-29-40(2)31-44(30-39)43-27-28-63-54(35-43)47-33-45(41-19-14-12-15-20-41)32-46(34-47)50-23-18-24-56-57(50)64-59(52-37-49(61(6,7)8)38-53(58(52)66)62(9,10)11)65(56)55-26-25-48(60(3,4)5)36-51(55)42-21-16-13-17-22-42;/h12-33,35-38,66H,1-11H3;/q-1;/i1D3,2D3;. The van der Waals surface area contributed by atoms with E-state index in [1.54, 1.807) is 12.3 Å². The zero-order chi connectivity index (χ0) is 51.7. The van der Waals surface area contributed by atoms with Crippen molar-refractivity contribution in [3.8, 4) is 78.6 Å². The van der Waals surface area contributed by atoms with Crippen LogP contribution < -0.4 is 0 Å². The van der Waals surface area contributed by atoms with Crippen LogP contribution in [0.4, 0.5) is 0 Å². The molecule has 2 aromatic heterocycles. The molecule has 340 valence electrons. The molecule has 2 heterocycles. The maximum atomic E-state index is 12.6. The number of nitrogens with zero attached hydrogens (tertiary/aromatic N) is 3. The third-order valence-electron chi connectivity index (χ3n) is 12.5. The number of imidazole rings is 1. The van der Waals surface area contributed by atoms with Crippen LogP contribution in [0.5, 0.6) is 5.75 Å². The second kappa shape index (κ2) is 18.0. The largest absolute Gasteiger partial charge is 0.507 e. The number of hydrogen-bond acceptors (Lipinski definition) is 3. The van der Waals surface area contributed by atoms with E-state index >= 15 is 0 Å². The fourth-order valence-corrected chi connectivity index (χ4v) is 8.80. The third kappa shape index (κ3) is 9.47. The molecule has 0 spiro atoms. The van der Waals surface area contributed by atoms with Crippen molar-refractivity contribution >= 4 is 11.0 Å². The van der Waals surface area contributed by atoms with E-state index in [0.717, 1.165) is 55.7 Å². The Morgan fingerprint density at radius 2 is 1.15 bits per heavy atom. The van der Waals surface area contributed by atoms with Crippen molar-refractivity contribution in [3.63, 3.8) is 0 Å². The second-order valence-electron chi connectivity index (χ2n) is 20.5. The van der Waals surface area contributed by atoms with Crippen molar-refractivity contribution in [2.24, 2.45) is 0 Å². The average molecular weight is 1060 g/mol. The molecule has 0 aliphatic heterocycles. The first-order valence-corrected chi connectivity index (χ1v) is 22.6. The van der Waals surface area contributed by atoms with E-state index in [0.29, 0.717) is 39.3 Å². The van der Waals surface area contributed by atoms with Gasteiger partial charge in [-0.05, 0) is 93.7 Å². The number of phenols is 1. The number of hydrogen-bond donors (Lipinski definition) is 1. The number of aromatic nitrogens is 3. The van der Waals surface area contributed by atoms with E-state index in [1.165, 1.54) is 23.8 Å². The van der Waals surface area contributed by atoms with E-state index < -0.39 is 19.1 Å². The predicted molar refractivity (Wildman–Crippen MR) is 278 cm³/mol. The fraction of sp³-hybridized carbons (Fsp3) is 0.226. The molecule has 0 unspecified atom stereocenters. The van der Waals surface area contributed by atoms with E-state index in [9.17, 15) is 5.11 Å². The van der Waals surface area contributed by atoms with Gasteiger partial charge in [0.15, 0.2) is 0 Å². The third-order valence-corrected chi connectivity index (χ3v) is 12.5. The molecule has 0 atom stereocenters. The van der Waals surface area contributed by atoms with Crippen LogP contribution in [0.25, 0.3) is 83.9 Å². The number of fused-ring (bicyclic) bond motifs is 1. The Morgan fingerprint density at radius 1 is 0.522 bits per heavy atom. The van der Waals surface area contributed by atoms with Crippen LogP contribution in [0, 0.1) is 19.8 Å². The van der Waals surface area contributed by atoms with Crippen molar-refractivity contribution in [1.29, 1.82) is 0 Å². The molecule has 0 saturated heterocycles. The second-order valence-corrected chi connectivity index (χ2v) is 20.5. The molecule has 0 radical (unpaired) electrons. The van der Waals surface area contributed by atoms with Gasteiger partial charge in [0.25, 0.3) is 0 Å². The zero-order valence-corrected chi connectivity index (χ0v) is 41.9. The Kier molecular flexibility index (Phi) is 10.7. The average Bonchev–Trinajstić information content (AvgIpc) is 3.72. The molecule has 1 N–H and O–H groups in total. The van der Waals surface area contributed by atoms with Crippen molar-refractivity contribution in [2.75, 3.05) is 0 Å². The summed E-state index contributed by atoms with van der Waals surface area (Å²) in [6.45, 7) is 14.6. The van der Waals surface area contributed by atoms with Gasteiger partial charge in [0.05, 0.1) is 22.3 Å². The Hall–Kier alpha value is -6.35. The van der Waals surface area contributed by atoms with Gasteiger partial charge in [0.2, 0.25) is 0 Å². The van der Waals surface area contributed by atoms with Gasteiger partial charge in [0, 0.05) is 52.3 Å². The smallest absolute Gasteiger partial charge is 0.148 e. The summed E-state index contributed by atoms with van der Waals surface area (Å²) in [5, 5.41) is 12.6.